The zero-order valence-electron chi connectivity index (χ0n) is 22.7. The van der Waals surface area contributed by atoms with Crippen LogP contribution in [0.1, 0.15) is 37.3 Å². The normalized spacial score (nSPS) is 21.1. The molecule has 1 aromatic carbocycles. The Morgan fingerprint density at radius 1 is 0.974 bits per heavy atom. The maximum absolute atomic E-state index is 6.19. The molecule has 9 nitrogen and oxygen atoms in total. The van der Waals surface area contributed by atoms with Gasteiger partial charge < -0.3 is 15.0 Å². The molecule has 0 unspecified atom stereocenters. The van der Waals surface area contributed by atoms with E-state index in [1.165, 1.54) is 5.56 Å². The number of ether oxygens (including phenoxy) is 1. The highest BCUT2D eigenvalue weighted by Crippen LogP contribution is 2.36. The van der Waals surface area contributed by atoms with E-state index < -0.39 is 0 Å². The van der Waals surface area contributed by atoms with E-state index in [9.17, 15) is 0 Å². The van der Waals surface area contributed by atoms with Gasteiger partial charge in [0.15, 0.2) is 5.75 Å². The molecular formula is C29H38N8O. The molecule has 1 saturated carbocycles. The predicted molar refractivity (Wildman–Crippen MR) is 150 cm³/mol. The van der Waals surface area contributed by atoms with Crippen LogP contribution in [0.5, 0.6) is 5.75 Å². The number of likely N-dealkylation sites (N-methyl/N-ethyl adjacent to an activating group) is 1. The SMILES string of the molecule is CNc1cc2c(cn1)c(-c1ccc(CN3CCN(C)CC3)cc1)nn2C1CCC(Oc2cnn(C)c2)CC1. The van der Waals surface area contributed by atoms with Crippen LogP contribution in [0, 0.1) is 0 Å². The van der Waals surface area contributed by atoms with Crippen LogP contribution in [0.4, 0.5) is 5.82 Å². The summed E-state index contributed by atoms with van der Waals surface area (Å²) in [6.07, 6.45) is 9.98. The Hall–Kier alpha value is -3.43. The Morgan fingerprint density at radius 2 is 1.74 bits per heavy atom. The maximum Gasteiger partial charge on any atom is 0.157 e. The van der Waals surface area contributed by atoms with Crippen LogP contribution in [0.15, 0.2) is 48.9 Å². The Labute approximate surface area is 224 Å². The van der Waals surface area contributed by atoms with Crippen LogP contribution in [0.25, 0.3) is 22.2 Å². The number of hydrogen-bond donors (Lipinski definition) is 1. The van der Waals surface area contributed by atoms with E-state index >= 15 is 0 Å². The van der Waals surface area contributed by atoms with Gasteiger partial charge in [-0.15, -0.1) is 0 Å². The number of nitrogens with one attached hydrogen (secondary N) is 1. The van der Waals surface area contributed by atoms with Crippen molar-refractivity contribution in [2.24, 2.45) is 7.05 Å². The quantitative estimate of drug-likeness (QED) is 0.396. The van der Waals surface area contributed by atoms with Crippen molar-refractivity contribution in [3.8, 4) is 17.0 Å². The summed E-state index contributed by atoms with van der Waals surface area (Å²) in [5.74, 6) is 1.71. The van der Waals surface area contributed by atoms with Gasteiger partial charge in [-0.3, -0.25) is 14.3 Å². The summed E-state index contributed by atoms with van der Waals surface area (Å²) < 4.78 is 10.2. The lowest BCUT2D eigenvalue weighted by Gasteiger charge is -2.32. The molecule has 1 N–H and O–H groups in total. The van der Waals surface area contributed by atoms with Gasteiger partial charge in [-0.25, -0.2) is 4.98 Å². The summed E-state index contributed by atoms with van der Waals surface area (Å²) in [7, 11) is 6.03. The molecule has 38 heavy (non-hydrogen) atoms. The molecule has 4 aromatic rings. The predicted octanol–water partition coefficient (Wildman–Crippen LogP) is 4.18. The first kappa shape index (κ1) is 24.9. The molecule has 0 spiro atoms. The largest absolute Gasteiger partial charge is 0.487 e. The summed E-state index contributed by atoms with van der Waals surface area (Å²) in [6, 6.07) is 11.4. The van der Waals surface area contributed by atoms with Gasteiger partial charge in [-0.1, -0.05) is 24.3 Å². The summed E-state index contributed by atoms with van der Waals surface area (Å²) >= 11 is 0. The lowest BCUT2D eigenvalue weighted by molar-refractivity contribution is 0.131. The Balaban J connectivity index is 1.21. The molecule has 2 aliphatic rings. The molecule has 4 heterocycles. The zero-order valence-corrected chi connectivity index (χ0v) is 22.7. The van der Waals surface area contributed by atoms with Gasteiger partial charge in [-0.2, -0.15) is 10.2 Å². The Kier molecular flexibility index (Phi) is 7.04. The van der Waals surface area contributed by atoms with E-state index in [1.807, 2.05) is 26.5 Å². The highest BCUT2D eigenvalue weighted by Gasteiger charge is 2.27. The average molecular weight is 515 g/mol. The number of nitrogens with zero attached hydrogens (tertiary/aromatic N) is 7. The fourth-order valence-electron chi connectivity index (χ4n) is 5.75. The first-order valence-corrected chi connectivity index (χ1v) is 13.8. The monoisotopic (exact) mass is 514 g/mol. The van der Waals surface area contributed by atoms with Gasteiger partial charge in [0.25, 0.3) is 0 Å². The van der Waals surface area contributed by atoms with Crippen molar-refractivity contribution in [1.29, 1.82) is 0 Å². The number of piperazine rings is 1. The van der Waals surface area contributed by atoms with E-state index in [1.54, 1.807) is 10.9 Å². The number of fused-ring (bicyclic) bond motifs is 1. The number of aromatic nitrogens is 5. The Bertz CT molecular complexity index is 1360. The molecule has 1 aliphatic heterocycles. The van der Waals surface area contributed by atoms with Gasteiger partial charge in [0.1, 0.15) is 11.5 Å². The second kappa shape index (κ2) is 10.7. The van der Waals surface area contributed by atoms with Crippen LogP contribution in [0.2, 0.25) is 0 Å². The number of anilines is 1. The lowest BCUT2D eigenvalue weighted by Crippen LogP contribution is -2.43. The molecule has 0 bridgehead atoms. The maximum atomic E-state index is 6.19. The van der Waals surface area contributed by atoms with Crippen LogP contribution in [0.3, 0.4) is 0 Å². The lowest BCUT2D eigenvalue weighted by atomic mass is 9.93. The third-order valence-electron chi connectivity index (χ3n) is 8.05. The summed E-state index contributed by atoms with van der Waals surface area (Å²) in [6.45, 7) is 5.53. The van der Waals surface area contributed by atoms with Crippen molar-refractivity contribution in [3.63, 3.8) is 0 Å². The summed E-state index contributed by atoms with van der Waals surface area (Å²) in [5, 5.41) is 13.7. The van der Waals surface area contributed by atoms with E-state index in [0.717, 1.165) is 92.1 Å². The third kappa shape index (κ3) is 5.26. The number of pyridine rings is 1. The topological polar surface area (TPSA) is 76.3 Å². The number of aryl methyl sites for hydroxylation is 1. The van der Waals surface area contributed by atoms with Crippen LogP contribution in [-0.2, 0) is 13.6 Å². The van der Waals surface area contributed by atoms with E-state index in [0.29, 0.717) is 6.04 Å². The third-order valence-corrected chi connectivity index (χ3v) is 8.05. The molecule has 0 radical (unpaired) electrons. The molecule has 6 rings (SSSR count). The molecule has 1 saturated heterocycles. The van der Waals surface area contributed by atoms with Crippen molar-refractivity contribution in [3.05, 3.63) is 54.5 Å². The first-order valence-electron chi connectivity index (χ1n) is 13.8. The molecule has 0 amide bonds. The van der Waals surface area contributed by atoms with Crippen molar-refractivity contribution in [2.45, 2.75) is 44.4 Å². The van der Waals surface area contributed by atoms with Gasteiger partial charge >= 0.3 is 0 Å². The van der Waals surface area contributed by atoms with Crippen molar-refractivity contribution < 1.29 is 4.74 Å². The second-order valence-electron chi connectivity index (χ2n) is 10.8. The van der Waals surface area contributed by atoms with E-state index in [4.69, 9.17) is 9.84 Å². The van der Waals surface area contributed by atoms with Gasteiger partial charge in [0.05, 0.1) is 30.1 Å². The van der Waals surface area contributed by atoms with E-state index in [2.05, 4.69) is 67.3 Å². The Morgan fingerprint density at radius 3 is 2.42 bits per heavy atom. The van der Waals surface area contributed by atoms with Gasteiger partial charge in [0.2, 0.25) is 0 Å². The fourth-order valence-corrected chi connectivity index (χ4v) is 5.75. The molecule has 0 atom stereocenters. The van der Waals surface area contributed by atoms with Crippen LogP contribution < -0.4 is 10.1 Å². The van der Waals surface area contributed by atoms with Gasteiger partial charge in [-0.05, 0) is 38.3 Å². The van der Waals surface area contributed by atoms with Crippen LogP contribution in [-0.4, -0.2) is 80.7 Å². The average Bonchev–Trinajstić information content (AvgIpc) is 3.53. The minimum absolute atomic E-state index is 0.221. The van der Waals surface area contributed by atoms with Gasteiger partial charge in [0, 0.05) is 70.0 Å². The molecule has 2 fully saturated rings. The second-order valence-corrected chi connectivity index (χ2v) is 10.8. The smallest absolute Gasteiger partial charge is 0.157 e. The first-order chi connectivity index (χ1) is 18.6. The molecule has 1 aliphatic carbocycles. The number of hydrogen-bond acceptors (Lipinski definition) is 7. The standard InChI is InChI=1S/C29H38N8O/c1-30-28-16-27-26(18-31-28)29(22-6-4-21(5-7-22)19-36-14-12-34(2)13-15-36)33-37(27)23-8-10-24(11-9-23)38-25-17-32-35(3)20-25/h4-7,16-18,20,23-24H,8-15,19H2,1-3H3,(H,30,31). The van der Waals surface area contributed by atoms with Crippen molar-refractivity contribution >= 4 is 16.7 Å². The number of rotatable bonds is 7. The number of benzene rings is 1. The minimum Gasteiger partial charge on any atom is -0.487 e. The zero-order chi connectivity index (χ0) is 26.1. The molecule has 200 valence electrons. The van der Waals surface area contributed by atoms with E-state index in [-0.39, 0.29) is 6.10 Å². The van der Waals surface area contributed by atoms with Crippen LogP contribution >= 0.6 is 0 Å². The van der Waals surface area contributed by atoms with Crippen molar-refractivity contribution in [2.75, 3.05) is 45.6 Å². The molecule has 3 aromatic heterocycles. The van der Waals surface area contributed by atoms with Crippen molar-refractivity contribution in [1.82, 2.24) is 34.3 Å². The summed E-state index contributed by atoms with van der Waals surface area (Å²) in [4.78, 5) is 9.56. The molecular weight excluding hydrogens is 476 g/mol. The summed E-state index contributed by atoms with van der Waals surface area (Å²) in [5.41, 5.74) is 4.64. The fraction of sp³-hybridized carbons (Fsp3) is 0.483. The highest BCUT2D eigenvalue weighted by atomic mass is 16.5. The molecule has 9 heteroatoms. The minimum atomic E-state index is 0.221. The highest BCUT2D eigenvalue weighted by molar-refractivity contribution is 5.94.